The number of rotatable bonds is 48. The Morgan fingerprint density at radius 3 is 1.03 bits per heavy atom. The molecule has 0 aromatic carbocycles. The molecule has 716 valence electrons. The first-order valence-electron chi connectivity index (χ1n) is 44.3. The lowest BCUT2D eigenvalue weighted by molar-refractivity contribution is -0.175. The highest BCUT2D eigenvalue weighted by Gasteiger charge is 2.66. The number of nitrogens with one attached hydrogen (secondary N) is 5. The van der Waals surface area contributed by atoms with E-state index in [9.17, 15) is 38.4 Å². The maximum Gasteiger partial charge on any atom is 0.330 e. The summed E-state index contributed by atoms with van der Waals surface area (Å²) in [6, 6.07) is 0.726. The number of carbonyl (C=O) groups excluding carboxylic acids is 2. The van der Waals surface area contributed by atoms with Gasteiger partial charge in [-0.15, -0.1) is 6.42 Å². The third-order valence-electron chi connectivity index (χ3n) is 22.4. The van der Waals surface area contributed by atoms with Crippen LogP contribution < -0.4 is 44.4 Å². The molecule has 3 aromatic heterocycles. The van der Waals surface area contributed by atoms with Crippen molar-refractivity contribution in [3.8, 4) is 36.0 Å². The van der Waals surface area contributed by atoms with E-state index in [1.165, 1.54) is 116 Å². The summed E-state index contributed by atoms with van der Waals surface area (Å²) in [7, 11) is -4.69. The van der Waals surface area contributed by atoms with E-state index in [4.69, 9.17) is 81.7 Å². The highest BCUT2D eigenvalue weighted by Crippen LogP contribution is 2.59. The number of nitrogens with zero attached hydrogens (tertiary/aromatic N) is 9. The van der Waals surface area contributed by atoms with Crippen molar-refractivity contribution >= 4 is 37.4 Å². The number of carbonyl (C=O) groups is 2. The number of hydrogen-bond donors (Lipinski definition) is 5. The Morgan fingerprint density at radius 2 is 0.758 bits per heavy atom. The summed E-state index contributed by atoms with van der Waals surface area (Å²) in [5, 5.41) is 5.35. The number of terminal acetylenes is 1. The van der Waals surface area contributed by atoms with Gasteiger partial charge in [0, 0.05) is 68.2 Å². The van der Waals surface area contributed by atoms with Crippen LogP contribution in [-0.2, 0) is 65.2 Å². The number of unbranched alkanes of at least 4 members (excludes halogenated alkanes) is 14. The summed E-state index contributed by atoms with van der Waals surface area (Å²) in [5.41, 5.74) is -6.09. The Labute approximate surface area is 762 Å². The van der Waals surface area contributed by atoms with Crippen LogP contribution in [0.4, 0.5) is 0 Å². The van der Waals surface area contributed by atoms with Gasteiger partial charge in [0.15, 0.2) is 18.7 Å². The Bertz CT molecular complexity index is 4620. The second-order valence-corrected chi connectivity index (χ2v) is 37.7. The van der Waals surface area contributed by atoms with Gasteiger partial charge in [0.2, 0.25) is 31.4 Å². The van der Waals surface area contributed by atoms with Gasteiger partial charge in [0.1, 0.15) is 89.9 Å². The molecule has 6 unspecified atom stereocenters. The highest BCUT2D eigenvalue weighted by atomic mass is 31.2. The van der Waals surface area contributed by atoms with Crippen LogP contribution in [0, 0.1) is 55.7 Å². The van der Waals surface area contributed by atoms with E-state index in [0.717, 1.165) is 19.3 Å². The van der Waals surface area contributed by atoms with Gasteiger partial charge in [-0.2, -0.15) is 0 Å². The monoisotopic (exact) mass is 1850 g/mol. The highest BCUT2D eigenvalue weighted by molar-refractivity contribution is 7.45. The molecule has 6 bridgehead atoms. The molecule has 0 radical (unpaired) electrons. The van der Waals surface area contributed by atoms with Gasteiger partial charge in [0.25, 0.3) is 42.3 Å². The summed E-state index contributed by atoms with van der Waals surface area (Å²) in [6.45, 7) is 58.0. The van der Waals surface area contributed by atoms with Gasteiger partial charge in [-0.05, 0) is 109 Å². The molecule has 6 aliphatic rings. The van der Waals surface area contributed by atoms with Crippen LogP contribution in [0.15, 0.2) is 47.4 Å². The molecular weight excluding hydrogens is 1700 g/mol. The first-order valence-corrected chi connectivity index (χ1v) is 47.7. The molecule has 6 saturated heterocycles. The van der Waals surface area contributed by atoms with Crippen LogP contribution in [0.25, 0.3) is 14.5 Å². The molecule has 0 saturated carbocycles. The first kappa shape index (κ1) is 113. The van der Waals surface area contributed by atoms with E-state index in [2.05, 4.69) is 174 Å². The van der Waals surface area contributed by atoms with E-state index >= 15 is 0 Å². The van der Waals surface area contributed by atoms with Crippen LogP contribution in [0.2, 0.25) is 0 Å². The SMILES string of the molecule is C.C.C.[C-]#[N+]CCOP(O[C@H]1C2OC[C@@]1(CC)O[C@H]2n1cc(C#C)c(=O)[nH]c1=O)N(C(C)C)C(C)C.[C-]#[N+]CCOP(O[C@H]1C2OC[C@@]1(CC)O[C@H]2n1cc(C#CCNC(=O)CCCCCCCCCCCCCCCCC)c(=O)[nH]c1=O)N(C(C)C)C(C)C.[C-]#[N+]CCOP(O[C@H]1C2OC[C@@]1(CC)O[C@H]2n1cc(C#CCNC(C)=O)c(=O)[nH]c1=O)N(C(C)C)C(C)C. The fourth-order valence-electron chi connectivity index (χ4n) is 16.1. The van der Waals surface area contributed by atoms with Gasteiger partial charge in [-0.3, -0.25) is 52.6 Å². The van der Waals surface area contributed by atoms with E-state index in [-0.39, 0.29) is 153 Å². The van der Waals surface area contributed by atoms with E-state index in [1.807, 2.05) is 20.8 Å². The molecule has 0 spiro atoms. The fourth-order valence-corrected chi connectivity index (χ4v) is 21.5. The third-order valence-corrected chi connectivity index (χ3v) is 28.8. The minimum Gasteiger partial charge on any atom is -0.368 e. The quantitative estimate of drug-likeness (QED) is 0.0152. The van der Waals surface area contributed by atoms with Gasteiger partial charge in [-0.1, -0.05) is 169 Å². The zero-order chi connectivity index (χ0) is 91.7. The molecule has 128 heavy (non-hydrogen) atoms. The van der Waals surface area contributed by atoms with Crippen molar-refractivity contribution in [2.24, 2.45) is 0 Å². The Hall–Kier alpha value is -7.18. The molecule has 15 atom stereocenters. The lowest BCUT2D eigenvalue weighted by Gasteiger charge is -2.38. The largest absolute Gasteiger partial charge is 0.368 e. The topological polar surface area (TPSA) is 356 Å². The van der Waals surface area contributed by atoms with Crippen LogP contribution >= 0.6 is 25.6 Å². The molecule has 6 aliphatic heterocycles. The van der Waals surface area contributed by atoms with Crippen molar-refractivity contribution in [1.82, 2.24) is 53.3 Å². The maximum absolute atomic E-state index is 13.1. The second kappa shape index (κ2) is 56.0. The fraction of sp³-hybridized carbons (Fsp3) is 0.747. The average molecular weight is 1850 g/mol. The van der Waals surface area contributed by atoms with Crippen LogP contribution in [-0.4, -0.2) is 217 Å². The Morgan fingerprint density at radius 1 is 0.477 bits per heavy atom. The number of H-pyrrole nitrogens is 3. The zero-order valence-electron chi connectivity index (χ0n) is 76.2. The molecule has 2 amide bonds. The Balaban J connectivity index is 0.000000411. The zero-order valence-corrected chi connectivity index (χ0v) is 78.9. The molecule has 5 N–H and O–H groups in total. The summed E-state index contributed by atoms with van der Waals surface area (Å²) in [6.07, 6.45) is 24.7. The smallest absolute Gasteiger partial charge is 0.330 e. The van der Waals surface area contributed by atoms with Crippen LogP contribution in [0.5, 0.6) is 0 Å². The number of ether oxygens (including phenoxy) is 6. The molecule has 0 aliphatic carbocycles. The lowest BCUT2D eigenvalue weighted by atomic mass is 9.96. The van der Waals surface area contributed by atoms with Gasteiger partial charge in [0.05, 0.1) is 32.9 Å². The average Bonchev–Trinajstić information content (AvgIpc) is 1.58. The third kappa shape index (κ3) is 30.4. The molecular formula is C91H147N14O20P3. The lowest BCUT2D eigenvalue weighted by Crippen LogP contribution is -2.43. The van der Waals surface area contributed by atoms with Crippen molar-refractivity contribution in [1.29, 1.82) is 0 Å². The van der Waals surface area contributed by atoms with Crippen LogP contribution in [0.3, 0.4) is 0 Å². The summed E-state index contributed by atoms with van der Waals surface area (Å²) in [5.74, 6) is 13.1. The second-order valence-electron chi connectivity index (χ2n) is 33.5. The van der Waals surface area contributed by atoms with Gasteiger partial charge in [-0.25, -0.2) is 48.1 Å². The number of fused-ring (bicyclic) bond motifs is 6. The van der Waals surface area contributed by atoms with Crippen LogP contribution in [0.1, 0.15) is 297 Å². The summed E-state index contributed by atoms with van der Waals surface area (Å²) >= 11 is 0. The number of aromatic nitrogens is 6. The van der Waals surface area contributed by atoms with Crippen molar-refractivity contribution < 1.29 is 65.2 Å². The number of aromatic amines is 3. The Kier molecular flexibility index (Phi) is 49.5. The molecule has 3 aromatic rings. The van der Waals surface area contributed by atoms with Crippen molar-refractivity contribution in [3.63, 3.8) is 0 Å². The van der Waals surface area contributed by atoms with Gasteiger partial charge >= 0.3 is 17.1 Å². The number of amides is 2. The van der Waals surface area contributed by atoms with Crippen molar-refractivity contribution in [2.45, 2.75) is 370 Å². The molecule has 9 rings (SSSR count). The standard InChI is InChI=1S/C41H68N5O7P.C25H36N5O7P.C22H31N4O6P.3CH4/c1-8-10-11-12-13-14-15-16-17-18-19-20-21-22-23-26-35(47)43-27-24-25-34-30-45(40(49)44-38(34)48)39-36-37(41(9-2,52-39)31-50-36)53-54(51-29-28-42-7)46(32(3)4)33(5)6;1-8-25-15-34-20(21(25)37-38(35-13-12-26-7)30(16(2)3)17(4)5)23(36-25)29-14-19(22(32)28-24(29)33)10-9-11-27-18(6)31;1-8-16-12-25(21(28)24-19(16)27)20-17-18(22(9-2,31-20)13-29-17)32-33(30-11-10-23-7)26(14(3)4)15(5)6;;;/h30,32-33,36-37,39H,8-23,26-29,31H2,1-6H3,(H,43,47)(H,44,48,49);14,16-17,20-21,23H,8,11-13,15H2,1-6H3,(H,27,31)(H,28,32,33);1,12,14-15,17-18,20H,9-11,13H2,2-6H3,(H,24,27,28);3*1H4/t36?,37-,39+,41+,54?;20?,21-,23+,25+,38?;17?,18-,20+,22+,33?;;;/m000.../s1. The summed E-state index contributed by atoms with van der Waals surface area (Å²) < 4.78 is 86.2. The molecule has 6 fully saturated rings. The van der Waals surface area contributed by atoms with Gasteiger partial charge < -0.3 is 80.7 Å². The number of hydrogen-bond acceptors (Lipinski definition) is 23. The minimum absolute atomic E-state index is 0. The molecule has 34 nitrogen and oxygen atoms in total. The normalized spacial score (nSPS) is 23.3. The van der Waals surface area contributed by atoms with Crippen molar-refractivity contribution in [2.75, 3.05) is 72.4 Å². The predicted molar refractivity (Wildman–Crippen MR) is 500 cm³/mol. The van der Waals surface area contributed by atoms with Crippen molar-refractivity contribution in [3.05, 3.63) is 132 Å². The minimum atomic E-state index is -1.58. The predicted octanol–water partition coefficient (Wildman–Crippen LogP) is 13.9. The van der Waals surface area contributed by atoms with E-state index < -0.39 is 131 Å². The molecule has 9 heterocycles. The van der Waals surface area contributed by atoms with E-state index in [0.29, 0.717) is 32.3 Å². The molecule has 37 heteroatoms. The summed E-state index contributed by atoms with van der Waals surface area (Å²) in [4.78, 5) is 116. The maximum atomic E-state index is 13.1. The first-order chi connectivity index (χ1) is 59.8. The van der Waals surface area contributed by atoms with E-state index in [1.54, 1.807) is 0 Å².